The molecule has 0 fully saturated rings. The van der Waals surface area contributed by atoms with Gasteiger partial charge in [-0.2, -0.15) is 5.10 Å². The maximum Gasteiger partial charge on any atom is 0.257 e. The first-order valence-corrected chi connectivity index (χ1v) is 7.77. The molecule has 1 amide bonds. The molecule has 0 atom stereocenters. The van der Waals surface area contributed by atoms with Crippen molar-refractivity contribution in [3.8, 4) is 0 Å². The van der Waals surface area contributed by atoms with Crippen molar-refractivity contribution in [2.24, 2.45) is 0 Å². The molecular formula is C18H13ClN4O. The van der Waals surface area contributed by atoms with E-state index < -0.39 is 0 Å². The van der Waals surface area contributed by atoms with E-state index in [4.69, 9.17) is 11.6 Å². The summed E-state index contributed by atoms with van der Waals surface area (Å²) in [7, 11) is 0. The first-order valence-electron chi connectivity index (χ1n) is 7.39. The molecule has 24 heavy (non-hydrogen) atoms. The van der Waals surface area contributed by atoms with Gasteiger partial charge < -0.3 is 10.2 Å². The Balaban J connectivity index is 1.85. The first kappa shape index (κ1) is 14.5. The van der Waals surface area contributed by atoms with Gasteiger partial charge in [0.2, 0.25) is 0 Å². The molecule has 6 heteroatoms. The maximum absolute atomic E-state index is 12.4. The van der Waals surface area contributed by atoms with Crippen LogP contribution in [0.1, 0.15) is 5.56 Å². The highest BCUT2D eigenvalue weighted by Gasteiger charge is 2.25. The van der Waals surface area contributed by atoms with Crippen molar-refractivity contribution >= 4 is 40.3 Å². The molecule has 1 aromatic heterocycles. The Morgan fingerprint density at radius 3 is 2.67 bits per heavy atom. The monoisotopic (exact) mass is 336 g/mol. The Hall–Kier alpha value is -3.05. The van der Waals surface area contributed by atoms with Crippen molar-refractivity contribution in [2.75, 3.05) is 10.2 Å². The number of rotatable bonds is 3. The van der Waals surface area contributed by atoms with Crippen LogP contribution in [0.2, 0.25) is 5.02 Å². The second-order valence-corrected chi connectivity index (χ2v) is 5.77. The molecule has 1 aliphatic heterocycles. The van der Waals surface area contributed by atoms with E-state index >= 15 is 0 Å². The van der Waals surface area contributed by atoms with Crippen molar-refractivity contribution < 1.29 is 4.79 Å². The van der Waals surface area contributed by atoms with Gasteiger partial charge in [-0.3, -0.25) is 9.89 Å². The number of hydrogen-bond acceptors (Lipinski definition) is 3. The van der Waals surface area contributed by atoms with Crippen molar-refractivity contribution in [1.82, 2.24) is 10.2 Å². The predicted molar refractivity (Wildman–Crippen MR) is 95.2 cm³/mol. The number of nitrogens with zero attached hydrogens (tertiary/aromatic N) is 2. The summed E-state index contributed by atoms with van der Waals surface area (Å²) in [5, 5.41) is 10.4. The minimum Gasteiger partial charge on any atom is -0.321 e. The zero-order chi connectivity index (χ0) is 16.5. The molecule has 0 saturated heterocycles. The quantitative estimate of drug-likeness (QED) is 0.705. The predicted octanol–water partition coefficient (Wildman–Crippen LogP) is 4.19. The Kier molecular flexibility index (Phi) is 3.55. The van der Waals surface area contributed by atoms with Gasteiger partial charge in [-0.1, -0.05) is 29.8 Å². The van der Waals surface area contributed by atoms with Gasteiger partial charge in [0.05, 0.1) is 11.8 Å². The average Bonchev–Trinajstić information content (AvgIpc) is 3.22. The van der Waals surface area contributed by atoms with Crippen molar-refractivity contribution in [1.29, 1.82) is 0 Å². The zero-order valence-corrected chi connectivity index (χ0v) is 13.3. The fourth-order valence-electron chi connectivity index (χ4n) is 2.67. The first-order chi connectivity index (χ1) is 11.7. The number of halogens is 1. The summed E-state index contributed by atoms with van der Waals surface area (Å²) in [6.07, 6.45) is 3.46. The number of aromatic nitrogens is 2. The lowest BCUT2D eigenvalue weighted by Crippen LogP contribution is -2.13. The molecule has 4 rings (SSSR count). The van der Waals surface area contributed by atoms with Crippen LogP contribution in [-0.2, 0) is 4.79 Å². The highest BCUT2D eigenvalue weighted by molar-refractivity contribution is 6.34. The highest BCUT2D eigenvalue weighted by Crippen LogP contribution is 2.35. The molecule has 0 spiro atoms. The second-order valence-electron chi connectivity index (χ2n) is 5.33. The summed E-state index contributed by atoms with van der Waals surface area (Å²) in [5.41, 5.74) is 3.00. The smallest absolute Gasteiger partial charge is 0.257 e. The molecule has 5 nitrogen and oxygen atoms in total. The van der Waals surface area contributed by atoms with Crippen LogP contribution in [-0.4, -0.2) is 16.1 Å². The lowest BCUT2D eigenvalue weighted by molar-refractivity contribution is -0.110. The van der Waals surface area contributed by atoms with E-state index in [9.17, 15) is 4.79 Å². The highest BCUT2D eigenvalue weighted by atomic mass is 35.5. The van der Waals surface area contributed by atoms with E-state index in [-0.39, 0.29) is 5.91 Å². The largest absolute Gasteiger partial charge is 0.321 e. The molecule has 0 bridgehead atoms. The molecule has 118 valence electrons. The van der Waals surface area contributed by atoms with Gasteiger partial charge >= 0.3 is 0 Å². The van der Waals surface area contributed by atoms with Crippen LogP contribution in [0.4, 0.5) is 17.2 Å². The Bertz CT molecular complexity index is 919. The second kappa shape index (κ2) is 5.86. The van der Waals surface area contributed by atoms with Crippen molar-refractivity contribution in [3.63, 3.8) is 0 Å². The third-order valence-corrected chi connectivity index (χ3v) is 4.04. The topological polar surface area (TPSA) is 61.0 Å². The van der Waals surface area contributed by atoms with Crippen molar-refractivity contribution in [3.05, 3.63) is 77.6 Å². The summed E-state index contributed by atoms with van der Waals surface area (Å²) in [6, 6.07) is 16.9. The third kappa shape index (κ3) is 2.55. The molecule has 0 radical (unpaired) electrons. The zero-order valence-electron chi connectivity index (χ0n) is 12.5. The number of para-hydroxylation sites is 1. The number of amides is 1. The normalized spacial score (nSPS) is 14.5. The lowest BCUT2D eigenvalue weighted by atomic mass is 10.1. The SMILES string of the molecule is O=C1Nc2ccc(Cl)cc2C1=CN(c1ccccc1)c1ccn[nH]1. The van der Waals surface area contributed by atoms with Crippen LogP contribution >= 0.6 is 11.6 Å². The molecule has 2 N–H and O–H groups in total. The number of aromatic amines is 1. The fraction of sp³-hybridized carbons (Fsp3) is 0. The van der Waals surface area contributed by atoms with E-state index in [1.807, 2.05) is 41.3 Å². The maximum atomic E-state index is 12.4. The van der Waals surface area contributed by atoms with Gasteiger partial charge in [0.15, 0.2) is 0 Å². The lowest BCUT2D eigenvalue weighted by Gasteiger charge is -2.19. The molecular weight excluding hydrogens is 324 g/mol. The summed E-state index contributed by atoms with van der Waals surface area (Å²) >= 11 is 6.09. The van der Waals surface area contributed by atoms with Gasteiger partial charge in [-0.05, 0) is 30.3 Å². The number of carbonyl (C=O) groups is 1. The summed E-state index contributed by atoms with van der Waals surface area (Å²) in [5.74, 6) is 0.602. The number of carbonyl (C=O) groups excluding carboxylic acids is 1. The molecule has 0 saturated carbocycles. The molecule has 0 aliphatic carbocycles. The third-order valence-electron chi connectivity index (χ3n) is 3.80. The summed E-state index contributed by atoms with van der Waals surface area (Å²) in [6.45, 7) is 0. The molecule has 2 heterocycles. The van der Waals surface area contributed by atoms with E-state index in [0.29, 0.717) is 10.6 Å². The van der Waals surface area contributed by atoms with Gasteiger partial charge in [-0.15, -0.1) is 0 Å². The van der Waals surface area contributed by atoms with Gasteiger partial charge in [0.1, 0.15) is 5.82 Å². The van der Waals surface area contributed by atoms with Crippen LogP contribution in [0, 0.1) is 0 Å². The number of fused-ring (bicyclic) bond motifs is 1. The summed E-state index contributed by atoms with van der Waals surface area (Å²) < 4.78 is 0. The number of benzene rings is 2. The Morgan fingerprint density at radius 1 is 1.08 bits per heavy atom. The van der Waals surface area contributed by atoms with Crippen LogP contribution in [0.25, 0.3) is 5.57 Å². The molecule has 0 unspecified atom stereocenters. The standard InChI is InChI=1S/C18H13ClN4O/c19-12-6-7-16-14(10-12)15(18(24)21-16)11-23(17-8-9-20-22-17)13-4-2-1-3-5-13/h1-11H,(H,20,22)(H,21,24). The van der Waals surface area contributed by atoms with E-state index in [1.165, 1.54) is 0 Å². The molecule has 3 aromatic rings. The van der Waals surface area contributed by atoms with Gasteiger partial charge in [0.25, 0.3) is 5.91 Å². The van der Waals surface area contributed by atoms with Gasteiger partial charge in [0, 0.05) is 34.2 Å². The van der Waals surface area contributed by atoms with Crippen LogP contribution in [0.5, 0.6) is 0 Å². The van der Waals surface area contributed by atoms with E-state index in [2.05, 4.69) is 15.5 Å². The van der Waals surface area contributed by atoms with E-state index in [1.54, 1.807) is 30.6 Å². The minimum atomic E-state index is -0.160. The number of H-pyrrole nitrogens is 1. The minimum absolute atomic E-state index is 0.160. The average molecular weight is 337 g/mol. The number of hydrogen-bond donors (Lipinski definition) is 2. The number of nitrogens with one attached hydrogen (secondary N) is 2. The number of anilines is 3. The fourth-order valence-corrected chi connectivity index (χ4v) is 2.84. The molecule has 2 aromatic carbocycles. The van der Waals surface area contributed by atoms with Crippen LogP contribution in [0.3, 0.4) is 0 Å². The van der Waals surface area contributed by atoms with Crippen molar-refractivity contribution in [2.45, 2.75) is 0 Å². The summed E-state index contributed by atoms with van der Waals surface area (Å²) in [4.78, 5) is 14.3. The molecule has 1 aliphatic rings. The van der Waals surface area contributed by atoms with Crippen LogP contribution < -0.4 is 10.2 Å². The van der Waals surface area contributed by atoms with Gasteiger partial charge in [-0.25, -0.2) is 0 Å². The Morgan fingerprint density at radius 2 is 1.92 bits per heavy atom. The van der Waals surface area contributed by atoms with Crippen LogP contribution in [0.15, 0.2) is 67.0 Å². The van der Waals surface area contributed by atoms with E-state index in [0.717, 1.165) is 22.8 Å². The Labute approximate surface area is 143 Å².